The average Bonchev–Trinajstić information content (AvgIpc) is 2.80. The fraction of sp³-hybridized carbons (Fsp3) is 0.364. The molecule has 11 heteroatoms. The number of esters is 1. The number of benzene rings is 2. The van der Waals surface area contributed by atoms with Crippen molar-refractivity contribution in [1.29, 1.82) is 0 Å². The highest BCUT2D eigenvalue weighted by Gasteiger charge is 2.26. The smallest absolute Gasteiger partial charge is 0.322 e. The normalized spacial score (nSPS) is 15.2. The largest absolute Gasteiger partial charge is 0.452 e. The zero-order valence-corrected chi connectivity index (χ0v) is 19.9. The molecular weight excluding hydrogens is 470 g/mol. The van der Waals surface area contributed by atoms with Gasteiger partial charge < -0.3 is 19.7 Å². The maximum atomic E-state index is 12.6. The summed E-state index contributed by atoms with van der Waals surface area (Å²) in [6, 6.07) is 12.9. The minimum Gasteiger partial charge on any atom is -0.452 e. The number of rotatable bonds is 8. The number of sulfonamides is 1. The molecule has 1 saturated heterocycles. The van der Waals surface area contributed by atoms with Gasteiger partial charge in [0.05, 0.1) is 18.1 Å². The van der Waals surface area contributed by atoms with Gasteiger partial charge in [-0.25, -0.2) is 8.42 Å². The molecule has 0 unspecified atom stereocenters. The first-order valence-corrected chi connectivity index (χ1v) is 12.1. The van der Waals surface area contributed by atoms with Crippen LogP contribution < -0.4 is 10.2 Å². The minimum atomic E-state index is -3.91. The summed E-state index contributed by atoms with van der Waals surface area (Å²) >= 11 is 5.79. The van der Waals surface area contributed by atoms with Crippen LogP contribution in [0.25, 0.3) is 0 Å². The Bertz CT molecular complexity index is 1070. The fourth-order valence-electron chi connectivity index (χ4n) is 3.16. The van der Waals surface area contributed by atoms with Gasteiger partial charge >= 0.3 is 5.97 Å². The van der Waals surface area contributed by atoms with E-state index in [1.807, 2.05) is 12.1 Å². The summed E-state index contributed by atoms with van der Waals surface area (Å²) < 4.78 is 36.5. The highest BCUT2D eigenvalue weighted by molar-refractivity contribution is 7.89. The highest BCUT2D eigenvalue weighted by Crippen LogP contribution is 2.20. The number of nitrogens with one attached hydrogen (secondary N) is 1. The first-order valence-electron chi connectivity index (χ1n) is 10.3. The lowest BCUT2D eigenvalue weighted by Crippen LogP contribution is -2.37. The topological polar surface area (TPSA) is 105 Å². The third-order valence-corrected chi connectivity index (χ3v) is 7.13. The number of carbonyl (C=O) groups is 2. The number of likely N-dealkylation sites (N-methyl/N-ethyl adjacent to an activating group) is 1. The van der Waals surface area contributed by atoms with Crippen molar-refractivity contribution in [3.8, 4) is 0 Å². The van der Waals surface area contributed by atoms with Crippen LogP contribution in [0, 0.1) is 0 Å². The summed E-state index contributed by atoms with van der Waals surface area (Å²) in [5.41, 5.74) is 1.59. The number of nitrogens with zero attached hydrogens (tertiary/aromatic N) is 2. The van der Waals surface area contributed by atoms with Crippen LogP contribution >= 0.6 is 11.6 Å². The molecule has 178 valence electrons. The average molecular weight is 496 g/mol. The lowest BCUT2D eigenvalue weighted by atomic mass is 10.2. The van der Waals surface area contributed by atoms with Crippen LogP contribution in [0.15, 0.2) is 53.4 Å². The van der Waals surface area contributed by atoms with Crippen LogP contribution in [0.5, 0.6) is 0 Å². The first kappa shape index (κ1) is 25.0. The molecule has 0 saturated carbocycles. The van der Waals surface area contributed by atoms with E-state index in [0.717, 1.165) is 23.1 Å². The van der Waals surface area contributed by atoms with Crippen LogP contribution in [-0.2, 0) is 29.1 Å². The third kappa shape index (κ3) is 6.67. The van der Waals surface area contributed by atoms with Gasteiger partial charge in [0.25, 0.3) is 5.91 Å². The third-order valence-electron chi connectivity index (χ3n) is 5.06. The number of halogens is 1. The van der Waals surface area contributed by atoms with Crippen LogP contribution in [0.3, 0.4) is 0 Å². The standard InChI is InChI=1S/C22H26ClN3O6S/c1-16(22(28)24-18-5-7-19(8-6-18)26-11-13-31-14-12-26)32-21(27)15-25(2)33(29,30)20-9-3-17(23)4-10-20/h3-10,16H,11-15H2,1-2H3,(H,24,28)/t16-/m0/s1. The number of amides is 1. The fourth-order valence-corrected chi connectivity index (χ4v) is 4.40. The van der Waals surface area contributed by atoms with Gasteiger partial charge in [0.2, 0.25) is 10.0 Å². The van der Waals surface area contributed by atoms with Gasteiger partial charge in [-0.15, -0.1) is 0 Å². The molecule has 33 heavy (non-hydrogen) atoms. The summed E-state index contributed by atoms with van der Waals surface area (Å²) in [7, 11) is -2.65. The van der Waals surface area contributed by atoms with Crippen molar-refractivity contribution < 1.29 is 27.5 Å². The molecule has 1 heterocycles. The molecule has 3 rings (SSSR count). The highest BCUT2D eigenvalue weighted by atomic mass is 35.5. The zero-order chi connectivity index (χ0) is 24.0. The Kier molecular flexibility index (Phi) is 8.30. The van der Waals surface area contributed by atoms with Crippen molar-refractivity contribution in [3.05, 3.63) is 53.6 Å². The molecule has 0 spiro atoms. The number of ether oxygens (including phenoxy) is 2. The minimum absolute atomic E-state index is 0.00600. The van der Waals surface area contributed by atoms with Gasteiger partial charge in [-0.05, 0) is 55.5 Å². The Hall–Kier alpha value is -2.66. The van der Waals surface area contributed by atoms with Gasteiger partial charge in [-0.3, -0.25) is 9.59 Å². The van der Waals surface area contributed by atoms with Gasteiger partial charge in [0, 0.05) is 36.5 Å². The molecule has 1 amide bonds. The molecule has 2 aromatic carbocycles. The first-order chi connectivity index (χ1) is 15.7. The Balaban J connectivity index is 1.51. The molecule has 1 atom stereocenters. The van der Waals surface area contributed by atoms with Crippen LogP contribution in [-0.4, -0.2) is 70.6 Å². The number of carbonyl (C=O) groups excluding carboxylic acids is 2. The van der Waals surface area contributed by atoms with Crippen LogP contribution in [0.1, 0.15) is 6.92 Å². The molecule has 0 aliphatic carbocycles. The molecule has 1 N–H and O–H groups in total. The van der Waals surface area contributed by atoms with E-state index in [-0.39, 0.29) is 4.90 Å². The molecule has 0 bridgehead atoms. The predicted octanol–water partition coefficient (Wildman–Crippen LogP) is 2.37. The Morgan fingerprint density at radius 3 is 2.33 bits per heavy atom. The summed E-state index contributed by atoms with van der Waals surface area (Å²) in [4.78, 5) is 26.8. The van der Waals surface area contributed by atoms with E-state index in [2.05, 4.69) is 10.2 Å². The second-order valence-corrected chi connectivity index (χ2v) is 9.96. The van der Waals surface area contributed by atoms with Crippen LogP contribution in [0.4, 0.5) is 11.4 Å². The lowest BCUT2D eigenvalue weighted by molar-refractivity contribution is -0.153. The summed E-state index contributed by atoms with van der Waals surface area (Å²) in [5.74, 6) is -1.37. The zero-order valence-electron chi connectivity index (χ0n) is 18.4. The second kappa shape index (κ2) is 11.0. The number of morpholine rings is 1. The van der Waals surface area contributed by atoms with Crippen molar-refractivity contribution in [3.63, 3.8) is 0 Å². The van der Waals surface area contributed by atoms with E-state index in [1.165, 1.54) is 38.2 Å². The molecule has 0 radical (unpaired) electrons. The van der Waals surface area contributed by atoms with Crippen LogP contribution in [0.2, 0.25) is 5.02 Å². The molecule has 1 aliphatic rings. The van der Waals surface area contributed by atoms with Gasteiger partial charge in [-0.1, -0.05) is 11.6 Å². The Morgan fingerprint density at radius 1 is 1.12 bits per heavy atom. The molecule has 1 fully saturated rings. The monoisotopic (exact) mass is 495 g/mol. The number of anilines is 2. The summed E-state index contributed by atoms with van der Waals surface area (Å²) in [6.07, 6.45) is -1.11. The van der Waals surface area contributed by atoms with Gasteiger partial charge in [0.15, 0.2) is 6.10 Å². The molecular formula is C22H26ClN3O6S. The summed E-state index contributed by atoms with van der Waals surface area (Å²) in [6.45, 7) is 3.84. The SMILES string of the molecule is C[C@H](OC(=O)CN(C)S(=O)(=O)c1ccc(Cl)cc1)C(=O)Nc1ccc(N2CCOCC2)cc1. The number of hydrogen-bond donors (Lipinski definition) is 1. The quantitative estimate of drug-likeness (QED) is 0.560. The Labute approximate surface area is 198 Å². The molecule has 0 aromatic heterocycles. The van der Waals surface area contributed by atoms with Gasteiger partial charge in [-0.2, -0.15) is 4.31 Å². The predicted molar refractivity (Wildman–Crippen MR) is 125 cm³/mol. The van der Waals surface area contributed by atoms with Crippen molar-refractivity contribution in [1.82, 2.24) is 4.31 Å². The maximum absolute atomic E-state index is 12.6. The van der Waals surface area contributed by atoms with E-state index in [9.17, 15) is 18.0 Å². The van der Waals surface area contributed by atoms with E-state index in [1.54, 1.807) is 12.1 Å². The van der Waals surface area contributed by atoms with Gasteiger partial charge in [0.1, 0.15) is 6.54 Å². The van der Waals surface area contributed by atoms with E-state index in [0.29, 0.717) is 23.9 Å². The van der Waals surface area contributed by atoms with Crippen molar-refractivity contribution >= 4 is 44.9 Å². The Morgan fingerprint density at radius 2 is 1.73 bits per heavy atom. The molecule has 1 aliphatic heterocycles. The van der Waals surface area contributed by atoms with E-state index in [4.69, 9.17) is 21.1 Å². The summed E-state index contributed by atoms with van der Waals surface area (Å²) in [5, 5.41) is 3.08. The molecule has 2 aromatic rings. The second-order valence-electron chi connectivity index (χ2n) is 7.48. The van der Waals surface area contributed by atoms with E-state index < -0.39 is 34.5 Å². The molecule has 9 nitrogen and oxygen atoms in total. The number of hydrogen-bond acceptors (Lipinski definition) is 7. The van der Waals surface area contributed by atoms with E-state index >= 15 is 0 Å². The maximum Gasteiger partial charge on any atom is 0.322 e. The van der Waals surface area contributed by atoms with Crippen molar-refractivity contribution in [2.45, 2.75) is 17.9 Å². The van der Waals surface area contributed by atoms with Crippen molar-refractivity contribution in [2.75, 3.05) is 50.1 Å². The lowest BCUT2D eigenvalue weighted by Gasteiger charge is -2.28. The van der Waals surface area contributed by atoms with Crippen molar-refractivity contribution in [2.24, 2.45) is 0 Å².